The van der Waals surface area contributed by atoms with Crippen LogP contribution in [0.3, 0.4) is 0 Å². The minimum absolute atomic E-state index is 0.0922. The lowest BCUT2D eigenvalue weighted by Gasteiger charge is -2.28. The molecule has 0 spiro atoms. The molecule has 1 aromatic carbocycles. The van der Waals surface area contributed by atoms with Crippen molar-refractivity contribution < 1.29 is 9.53 Å². The van der Waals surface area contributed by atoms with Gasteiger partial charge in [0.05, 0.1) is 15.1 Å². The maximum Gasteiger partial charge on any atom is 0.257 e. The summed E-state index contributed by atoms with van der Waals surface area (Å²) in [7, 11) is 2.14. The summed E-state index contributed by atoms with van der Waals surface area (Å²) >= 11 is 17.8. The lowest BCUT2D eigenvalue weighted by Crippen LogP contribution is -2.34. The molecule has 0 unspecified atom stereocenters. The van der Waals surface area contributed by atoms with E-state index in [1.54, 1.807) is 0 Å². The third kappa shape index (κ3) is 6.03. The largest absolute Gasteiger partial charge is 0.482 e. The van der Waals surface area contributed by atoms with Crippen LogP contribution in [-0.4, -0.2) is 44.1 Å². The van der Waals surface area contributed by atoms with Crippen LogP contribution in [0.1, 0.15) is 19.3 Å². The zero-order chi connectivity index (χ0) is 16.8. The molecule has 1 amide bonds. The van der Waals surface area contributed by atoms with Crippen LogP contribution >= 0.6 is 34.8 Å². The Morgan fingerprint density at radius 3 is 2.57 bits per heavy atom. The van der Waals surface area contributed by atoms with Crippen molar-refractivity contribution in [3.8, 4) is 5.75 Å². The van der Waals surface area contributed by atoms with Crippen LogP contribution in [0.2, 0.25) is 15.1 Å². The van der Waals surface area contributed by atoms with Gasteiger partial charge in [0.15, 0.2) is 6.61 Å². The molecule has 0 atom stereocenters. The molecular formula is C16H21Cl3N2O2. The highest BCUT2D eigenvalue weighted by Gasteiger charge is 2.16. The van der Waals surface area contributed by atoms with E-state index in [4.69, 9.17) is 39.5 Å². The lowest BCUT2D eigenvalue weighted by atomic mass is 9.94. The fourth-order valence-corrected chi connectivity index (χ4v) is 3.17. The van der Waals surface area contributed by atoms with Gasteiger partial charge >= 0.3 is 0 Å². The number of ether oxygens (including phenoxy) is 1. The molecule has 1 fully saturated rings. The maximum absolute atomic E-state index is 11.8. The highest BCUT2D eigenvalue weighted by molar-refractivity contribution is 6.43. The smallest absolute Gasteiger partial charge is 0.257 e. The van der Waals surface area contributed by atoms with E-state index < -0.39 is 0 Å². The van der Waals surface area contributed by atoms with Crippen molar-refractivity contribution in [2.45, 2.75) is 19.3 Å². The number of hydrogen-bond donors (Lipinski definition) is 1. The van der Waals surface area contributed by atoms with Gasteiger partial charge in [-0.1, -0.05) is 34.8 Å². The number of piperidine rings is 1. The summed E-state index contributed by atoms with van der Waals surface area (Å²) in [5.41, 5.74) is 0. The predicted octanol–water partition coefficient (Wildman–Crippen LogP) is 3.87. The van der Waals surface area contributed by atoms with E-state index in [2.05, 4.69) is 17.3 Å². The normalized spacial score (nSPS) is 16.3. The molecule has 1 aliphatic rings. The fraction of sp³-hybridized carbons (Fsp3) is 0.562. The average molecular weight is 380 g/mol. The monoisotopic (exact) mass is 378 g/mol. The molecule has 1 N–H and O–H groups in total. The molecule has 1 saturated heterocycles. The average Bonchev–Trinajstić information content (AvgIpc) is 2.51. The van der Waals surface area contributed by atoms with Crippen molar-refractivity contribution >= 4 is 40.7 Å². The van der Waals surface area contributed by atoms with Crippen LogP contribution in [0.15, 0.2) is 12.1 Å². The van der Waals surface area contributed by atoms with Gasteiger partial charge < -0.3 is 15.0 Å². The number of nitrogens with one attached hydrogen (secondary N) is 1. The van der Waals surface area contributed by atoms with Crippen molar-refractivity contribution in [3.05, 3.63) is 27.2 Å². The molecule has 2 rings (SSSR count). The summed E-state index contributed by atoms with van der Waals surface area (Å²) in [5, 5.41) is 3.90. The first-order chi connectivity index (χ1) is 11.0. The SMILES string of the molecule is CN1CCC(CCNC(=O)COc2cc(Cl)c(Cl)cc2Cl)CC1. The van der Waals surface area contributed by atoms with Gasteiger partial charge in [0.25, 0.3) is 5.91 Å². The molecule has 23 heavy (non-hydrogen) atoms. The second-order valence-corrected chi connectivity index (χ2v) is 7.09. The molecule has 0 bridgehead atoms. The highest BCUT2D eigenvalue weighted by Crippen LogP contribution is 2.33. The molecule has 1 aliphatic heterocycles. The topological polar surface area (TPSA) is 41.6 Å². The zero-order valence-corrected chi connectivity index (χ0v) is 15.3. The predicted molar refractivity (Wildman–Crippen MR) is 94.8 cm³/mol. The number of hydrogen-bond acceptors (Lipinski definition) is 3. The van der Waals surface area contributed by atoms with Gasteiger partial charge in [0.2, 0.25) is 0 Å². The fourth-order valence-electron chi connectivity index (χ4n) is 2.58. The number of carbonyl (C=O) groups excluding carboxylic acids is 1. The third-order valence-corrected chi connectivity index (χ3v) is 5.06. The van der Waals surface area contributed by atoms with Gasteiger partial charge in [-0.2, -0.15) is 0 Å². The molecule has 1 aromatic rings. The Labute approximate surface area is 152 Å². The van der Waals surface area contributed by atoms with E-state index in [1.807, 2.05) is 0 Å². The number of benzene rings is 1. The second-order valence-electron chi connectivity index (χ2n) is 5.87. The number of rotatable bonds is 6. The second kappa shape index (κ2) is 8.97. The van der Waals surface area contributed by atoms with E-state index in [1.165, 1.54) is 25.0 Å². The Bertz CT molecular complexity index is 546. The van der Waals surface area contributed by atoms with Crippen LogP contribution in [0.5, 0.6) is 5.75 Å². The van der Waals surface area contributed by atoms with E-state index in [9.17, 15) is 4.79 Å². The Morgan fingerprint density at radius 1 is 1.22 bits per heavy atom. The minimum Gasteiger partial charge on any atom is -0.482 e. The van der Waals surface area contributed by atoms with Gasteiger partial charge in [-0.25, -0.2) is 0 Å². The highest BCUT2D eigenvalue weighted by atomic mass is 35.5. The molecule has 1 heterocycles. The number of nitrogens with zero attached hydrogens (tertiary/aromatic N) is 1. The summed E-state index contributed by atoms with van der Waals surface area (Å²) in [6.07, 6.45) is 3.40. The summed E-state index contributed by atoms with van der Waals surface area (Å²) in [5.74, 6) is 0.878. The van der Waals surface area contributed by atoms with Crippen molar-refractivity contribution in [2.24, 2.45) is 5.92 Å². The van der Waals surface area contributed by atoms with Crippen molar-refractivity contribution in [1.29, 1.82) is 0 Å². The molecule has 0 radical (unpaired) electrons. The lowest BCUT2D eigenvalue weighted by molar-refractivity contribution is -0.123. The molecular weight excluding hydrogens is 359 g/mol. The van der Waals surface area contributed by atoms with Gasteiger partial charge in [-0.15, -0.1) is 0 Å². The minimum atomic E-state index is -0.167. The van der Waals surface area contributed by atoms with Crippen molar-refractivity contribution in [1.82, 2.24) is 10.2 Å². The Balaban J connectivity index is 1.68. The first kappa shape index (κ1) is 18.7. The molecule has 7 heteroatoms. The van der Waals surface area contributed by atoms with E-state index in [0.29, 0.717) is 33.3 Å². The molecule has 0 saturated carbocycles. The first-order valence-corrected chi connectivity index (χ1v) is 8.81. The quantitative estimate of drug-likeness (QED) is 0.763. The summed E-state index contributed by atoms with van der Waals surface area (Å²) in [6.45, 7) is 2.85. The zero-order valence-electron chi connectivity index (χ0n) is 13.1. The number of amides is 1. The van der Waals surface area contributed by atoms with Crippen molar-refractivity contribution in [3.63, 3.8) is 0 Å². The van der Waals surface area contributed by atoms with E-state index >= 15 is 0 Å². The summed E-state index contributed by atoms with van der Waals surface area (Å²) < 4.78 is 5.40. The molecule has 0 aliphatic carbocycles. The van der Waals surface area contributed by atoms with Gasteiger partial charge in [-0.05, 0) is 51.4 Å². The third-order valence-electron chi connectivity index (χ3n) is 4.05. The van der Waals surface area contributed by atoms with Crippen molar-refractivity contribution in [2.75, 3.05) is 33.3 Å². The molecule has 4 nitrogen and oxygen atoms in total. The Kier molecular flexibility index (Phi) is 7.28. The van der Waals surface area contributed by atoms with Gasteiger partial charge in [-0.3, -0.25) is 4.79 Å². The van der Waals surface area contributed by atoms with Crippen LogP contribution in [-0.2, 0) is 4.79 Å². The van der Waals surface area contributed by atoms with Crippen LogP contribution in [0.25, 0.3) is 0 Å². The van der Waals surface area contributed by atoms with Gasteiger partial charge in [0, 0.05) is 12.6 Å². The van der Waals surface area contributed by atoms with Crippen LogP contribution in [0, 0.1) is 5.92 Å². The maximum atomic E-state index is 11.8. The Morgan fingerprint density at radius 2 is 1.87 bits per heavy atom. The van der Waals surface area contributed by atoms with Gasteiger partial charge in [0.1, 0.15) is 5.75 Å². The Hall–Kier alpha value is -0.680. The van der Waals surface area contributed by atoms with Crippen LogP contribution in [0.4, 0.5) is 0 Å². The standard InChI is InChI=1S/C16H21Cl3N2O2/c1-21-6-3-11(4-7-21)2-5-20-16(22)10-23-15-9-13(18)12(17)8-14(15)19/h8-9,11H,2-7,10H2,1H3,(H,20,22). The summed E-state index contributed by atoms with van der Waals surface area (Å²) in [6, 6.07) is 3.01. The number of likely N-dealkylation sites (tertiary alicyclic amines) is 1. The van der Waals surface area contributed by atoms with Crippen LogP contribution < -0.4 is 10.1 Å². The van der Waals surface area contributed by atoms with E-state index in [-0.39, 0.29) is 12.5 Å². The van der Waals surface area contributed by atoms with E-state index in [0.717, 1.165) is 19.5 Å². The number of carbonyl (C=O) groups is 1. The number of halogens is 3. The summed E-state index contributed by atoms with van der Waals surface area (Å²) in [4.78, 5) is 14.2. The molecule has 0 aromatic heterocycles. The molecule has 128 valence electrons. The first-order valence-electron chi connectivity index (χ1n) is 7.68.